The van der Waals surface area contributed by atoms with Crippen LogP contribution in [0, 0.1) is 21.8 Å². The lowest BCUT2D eigenvalue weighted by molar-refractivity contribution is -0.384. The molecule has 7 nitrogen and oxygen atoms in total. The number of benzene rings is 4. The van der Waals surface area contributed by atoms with E-state index in [9.17, 15) is 24.1 Å². The molecule has 7 rings (SSSR count). The fourth-order valence-electron chi connectivity index (χ4n) is 7.27. The summed E-state index contributed by atoms with van der Waals surface area (Å²) in [4.78, 5) is 42.1. The third kappa shape index (κ3) is 3.31. The van der Waals surface area contributed by atoms with Crippen LogP contribution in [0.5, 0.6) is 0 Å². The van der Waals surface area contributed by atoms with E-state index in [1.165, 1.54) is 24.3 Å². The summed E-state index contributed by atoms with van der Waals surface area (Å²) in [6, 6.07) is 23.6. The summed E-state index contributed by atoms with van der Waals surface area (Å²) in [6.45, 7) is 0.557. The number of nitro groups is 1. The molecule has 1 amide bonds. The first-order valence-electron chi connectivity index (χ1n) is 13.0. The van der Waals surface area contributed by atoms with Gasteiger partial charge in [-0.2, -0.15) is 0 Å². The van der Waals surface area contributed by atoms with E-state index in [1.807, 2.05) is 36.4 Å². The molecule has 0 bridgehead atoms. The van der Waals surface area contributed by atoms with Crippen molar-refractivity contribution in [2.45, 2.75) is 30.3 Å². The van der Waals surface area contributed by atoms with Gasteiger partial charge in [0.1, 0.15) is 11.4 Å². The van der Waals surface area contributed by atoms with Crippen molar-refractivity contribution in [2.24, 2.45) is 5.92 Å². The normalized spacial score (nSPS) is 25.6. The van der Waals surface area contributed by atoms with Crippen molar-refractivity contribution < 1.29 is 18.9 Å². The van der Waals surface area contributed by atoms with Crippen LogP contribution in [0.15, 0.2) is 84.9 Å². The Kier molecular flexibility index (Phi) is 5.18. The van der Waals surface area contributed by atoms with Gasteiger partial charge in [0, 0.05) is 40.9 Å². The molecule has 4 aromatic carbocycles. The van der Waals surface area contributed by atoms with Gasteiger partial charge in [0.15, 0.2) is 5.78 Å². The van der Waals surface area contributed by atoms with Gasteiger partial charge in [-0.1, -0.05) is 48.5 Å². The van der Waals surface area contributed by atoms with E-state index in [0.29, 0.717) is 35.3 Å². The van der Waals surface area contributed by atoms with Crippen molar-refractivity contribution in [1.82, 2.24) is 4.90 Å². The summed E-state index contributed by atoms with van der Waals surface area (Å²) < 4.78 is 14.7. The van der Waals surface area contributed by atoms with Crippen LogP contribution in [0.4, 0.5) is 15.8 Å². The predicted molar refractivity (Wildman–Crippen MR) is 144 cm³/mol. The molecule has 3 heterocycles. The average Bonchev–Trinajstić information content (AvgIpc) is 3.61. The first-order chi connectivity index (χ1) is 18.9. The number of amides is 1. The summed E-state index contributed by atoms with van der Waals surface area (Å²) in [7, 11) is 0. The van der Waals surface area contributed by atoms with Gasteiger partial charge in [0.2, 0.25) is 5.91 Å². The van der Waals surface area contributed by atoms with E-state index in [4.69, 9.17) is 0 Å². The molecular weight excluding hydrogens is 497 g/mol. The van der Waals surface area contributed by atoms with E-state index in [1.54, 1.807) is 24.3 Å². The van der Waals surface area contributed by atoms with E-state index in [-0.39, 0.29) is 23.4 Å². The number of rotatable bonds is 4. The van der Waals surface area contributed by atoms with Gasteiger partial charge in [-0.25, -0.2) is 4.39 Å². The minimum absolute atomic E-state index is 0.0720. The van der Waals surface area contributed by atoms with E-state index in [2.05, 4.69) is 10.2 Å². The molecule has 4 aromatic rings. The molecule has 2 saturated heterocycles. The van der Waals surface area contributed by atoms with Crippen molar-refractivity contribution >= 4 is 33.8 Å². The number of Topliss-reactive ketones (excluding diaryl/α,β-unsaturated/α-hetero) is 1. The zero-order chi connectivity index (χ0) is 26.9. The van der Waals surface area contributed by atoms with Gasteiger partial charge >= 0.3 is 0 Å². The fraction of sp³-hybridized carbons (Fsp3) is 0.226. The highest BCUT2D eigenvalue weighted by molar-refractivity contribution is 6.13. The highest BCUT2D eigenvalue weighted by Gasteiger charge is 2.69. The monoisotopic (exact) mass is 521 g/mol. The van der Waals surface area contributed by atoms with E-state index < -0.39 is 28.1 Å². The maximum Gasteiger partial charge on any atom is 0.269 e. The maximum absolute atomic E-state index is 14.7. The molecule has 1 N–H and O–H groups in total. The second kappa shape index (κ2) is 8.54. The molecule has 3 unspecified atom stereocenters. The van der Waals surface area contributed by atoms with E-state index >= 15 is 0 Å². The van der Waals surface area contributed by atoms with Crippen molar-refractivity contribution in [3.63, 3.8) is 0 Å². The van der Waals surface area contributed by atoms with Crippen LogP contribution in [0.1, 0.15) is 40.2 Å². The molecule has 0 radical (unpaired) electrons. The van der Waals surface area contributed by atoms with Gasteiger partial charge in [0.25, 0.3) is 5.69 Å². The quantitative estimate of drug-likeness (QED) is 0.208. The lowest BCUT2D eigenvalue weighted by Gasteiger charge is -2.37. The number of hydrogen-bond donors (Lipinski definition) is 1. The molecular formula is C31H24FN3O4. The molecule has 3 aliphatic heterocycles. The van der Waals surface area contributed by atoms with E-state index in [0.717, 1.165) is 17.2 Å². The van der Waals surface area contributed by atoms with Crippen LogP contribution in [-0.2, 0) is 10.3 Å². The number of hydrogen-bond acceptors (Lipinski definition) is 5. The molecule has 0 aliphatic carbocycles. The van der Waals surface area contributed by atoms with Gasteiger partial charge in [-0.05, 0) is 60.0 Å². The van der Waals surface area contributed by atoms with Gasteiger partial charge in [0.05, 0.1) is 10.8 Å². The van der Waals surface area contributed by atoms with Crippen LogP contribution in [0.3, 0.4) is 0 Å². The Balaban J connectivity index is 1.49. The lowest BCUT2D eigenvalue weighted by atomic mass is 9.68. The van der Waals surface area contributed by atoms with Crippen molar-refractivity contribution in [3.8, 4) is 0 Å². The summed E-state index contributed by atoms with van der Waals surface area (Å²) in [5, 5.41) is 16.5. The molecule has 0 aromatic heterocycles. The van der Waals surface area contributed by atoms with Crippen LogP contribution in [0.25, 0.3) is 10.8 Å². The Bertz CT molecular complexity index is 1700. The average molecular weight is 522 g/mol. The number of carbonyl (C=O) groups is 2. The Morgan fingerprint density at radius 3 is 2.64 bits per heavy atom. The zero-order valence-corrected chi connectivity index (χ0v) is 20.8. The number of halogens is 1. The number of carbonyl (C=O) groups excluding carboxylic acids is 2. The first kappa shape index (κ1) is 23.7. The summed E-state index contributed by atoms with van der Waals surface area (Å²) in [5.41, 5.74) is 0.519. The molecule has 0 saturated carbocycles. The Hall–Kier alpha value is -4.43. The van der Waals surface area contributed by atoms with Gasteiger partial charge in [-0.15, -0.1) is 0 Å². The summed E-state index contributed by atoms with van der Waals surface area (Å²) in [6.07, 6.45) is 1.52. The van der Waals surface area contributed by atoms with Crippen LogP contribution < -0.4 is 5.32 Å². The minimum Gasteiger partial charge on any atom is -0.324 e. The van der Waals surface area contributed by atoms with Gasteiger partial charge in [-0.3, -0.25) is 24.6 Å². The number of nitrogens with one attached hydrogen (secondary N) is 1. The van der Waals surface area contributed by atoms with Crippen molar-refractivity contribution in [1.29, 1.82) is 0 Å². The van der Waals surface area contributed by atoms with Crippen molar-refractivity contribution in [3.05, 3.63) is 118 Å². The predicted octanol–water partition coefficient (Wildman–Crippen LogP) is 5.80. The third-order valence-electron chi connectivity index (χ3n) is 8.75. The topological polar surface area (TPSA) is 92.5 Å². The standard InChI is InChI=1S/C31H24FN3O4/c32-22-12-13-25-24(17-22)31(30(37)33-25)28(29(36)21-11-10-18-5-1-2-6-19(18)15-21)27(26-9-4-14-34(26)31)20-7-3-8-23(16-20)35(38)39/h1-3,5-8,10-13,15-17,26-28H,4,9,14H2,(H,33,37)/t26?,27?,28?,31-/m1/s1. The lowest BCUT2D eigenvalue weighted by Crippen LogP contribution is -2.52. The molecule has 2 fully saturated rings. The third-order valence-corrected chi connectivity index (χ3v) is 8.75. The molecule has 3 aliphatic rings. The molecule has 39 heavy (non-hydrogen) atoms. The molecule has 1 spiro atoms. The number of anilines is 1. The highest BCUT2D eigenvalue weighted by atomic mass is 19.1. The number of nitro benzene ring substituents is 1. The summed E-state index contributed by atoms with van der Waals surface area (Å²) in [5.74, 6) is -2.52. The highest BCUT2D eigenvalue weighted by Crippen LogP contribution is 2.61. The smallest absolute Gasteiger partial charge is 0.269 e. The van der Waals surface area contributed by atoms with Crippen LogP contribution >= 0.6 is 0 Å². The molecule has 8 heteroatoms. The number of non-ortho nitro benzene ring substituents is 1. The summed E-state index contributed by atoms with van der Waals surface area (Å²) >= 11 is 0. The number of ketones is 1. The molecule has 4 atom stereocenters. The maximum atomic E-state index is 14.7. The Morgan fingerprint density at radius 2 is 1.82 bits per heavy atom. The number of fused-ring (bicyclic) bond motifs is 5. The fourth-order valence-corrected chi connectivity index (χ4v) is 7.27. The largest absolute Gasteiger partial charge is 0.324 e. The first-order valence-corrected chi connectivity index (χ1v) is 13.0. The Morgan fingerprint density at radius 1 is 1.00 bits per heavy atom. The second-order valence-electron chi connectivity index (χ2n) is 10.6. The number of nitrogens with zero attached hydrogens (tertiary/aromatic N) is 2. The van der Waals surface area contributed by atoms with Gasteiger partial charge < -0.3 is 5.32 Å². The SMILES string of the molecule is O=C(c1ccc2ccccc2c1)C1C(c2cccc([N+](=O)[O-])c2)C2CCCN2[C@@]12C(=O)Nc1ccc(F)cc12. The molecule has 194 valence electrons. The van der Waals surface area contributed by atoms with Crippen LogP contribution in [-0.4, -0.2) is 34.1 Å². The van der Waals surface area contributed by atoms with Crippen LogP contribution in [0.2, 0.25) is 0 Å². The minimum atomic E-state index is -1.43. The second-order valence-corrected chi connectivity index (χ2v) is 10.6. The Labute approximate surface area is 223 Å². The zero-order valence-electron chi connectivity index (χ0n) is 20.8. The van der Waals surface area contributed by atoms with Crippen molar-refractivity contribution in [2.75, 3.05) is 11.9 Å².